The van der Waals surface area contributed by atoms with Gasteiger partial charge in [0.15, 0.2) is 0 Å². The van der Waals surface area contributed by atoms with Gasteiger partial charge < -0.3 is 20.5 Å². The lowest BCUT2D eigenvalue weighted by Gasteiger charge is -2.26. The number of hydrogen-bond donors (Lipinski definition) is 3. The molecule has 3 aliphatic rings. The number of piperidine rings is 1. The van der Waals surface area contributed by atoms with Crippen molar-refractivity contribution in [3.8, 4) is 0 Å². The van der Waals surface area contributed by atoms with Crippen molar-refractivity contribution in [1.82, 2.24) is 30.0 Å². The summed E-state index contributed by atoms with van der Waals surface area (Å²) in [5, 5.41) is 11.5. The van der Waals surface area contributed by atoms with Gasteiger partial charge in [-0.15, -0.1) is 0 Å². The molecule has 0 unspecified atom stereocenters. The van der Waals surface area contributed by atoms with E-state index in [1.807, 2.05) is 47.3 Å². The van der Waals surface area contributed by atoms with Crippen molar-refractivity contribution in [2.24, 2.45) is 17.6 Å². The quantitative estimate of drug-likeness (QED) is 0.374. The van der Waals surface area contributed by atoms with E-state index in [-0.39, 0.29) is 17.2 Å². The van der Waals surface area contributed by atoms with Crippen molar-refractivity contribution in [2.75, 3.05) is 31.1 Å². The van der Waals surface area contributed by atoms with E-state index in [2.05, 4.69) is 20.4 Å². The molecule has 1 saturated heterocycles. The number of nitrogens with one attached hydrogen (secondary N) is 2. The SMILES string of the molecule is NC[C@]1(c2ccccc2F)[C@@H]2CCN(c3cnc4c(C5=CCNC(n6cccc6)=C5Cl)[nH]nc4n3)C[C@@H]21. The van der Waals surface area contributed by atoms with E-state index in [0.717, 1.165) is 48.0 Å². The van der Waals surface area contributed by atoms with Crippen molar-refractivity contribution >= 4 is 40.0 Å². The number of rotatable bonds is 5. The zero-order valence-corrected chi connectivity index (χ0v) is 20.8. The molecule has 0 amide bonds. The Bertz CT molecular complexity index is 1560. The maximum absolute atomic E-state index is 14.7. The van der Waals surface area contributed by atoms with E-state index in [9.17, 15) is 4.39 Å². The molecule has 3 atom stereocenters. The molecular formula is C27H26ClFN8. The Labute approximate surface area is 218 Å². The third-order valence-electron chi connectivity index (χ3n) is 8.27. The zero-order valence-electron chi connectivity index (χ0n) is 20.0. The smallest absolute Gasteiger partial charge is 0.202 e. The predicted molar refractivity (Wildman–Crippen MR) is 142 cm³/mol. The Morgan fingerprint density at radius 3 is 2.81 bits per heavy atom. The summed E-state index contributed by atoms with van der Waals surface area (Å²) in [5.41, 5.74) is 9.49. The number of halogens is 2. The monoisotopic (exact) mass is 516 g/mol. The molecule has 2 fully saturated rings. The van der Waals surface area contributed by atoms with Crippen molar-refractivity contribution in [2.45, 2.75) is 11.8 Å². The zero-order chi connectivity index (χ0) is 25.1. The summed E-state index contributed by atoms with van der Waals surface area (Å²) in [5.74, 6) is 2.08. The Morgan fingerprint density at radius 2 is 2.00 bits per heavy atom. The average Bonchev–Trinajstić information content (AvgIpc) is 3.26. The minimum absolute atomic E-state index is 0.168. The van der Waals surface area contributed by atoms with Crippen LogP contribution in [-0.2, 0) is 5.41 Å². The molecule has 2 aliphatic heterocycles. The summed E-state index contributed by atoms with van der Waals surface area (Å²) >= 11 is 6.79. The van der Waals surface area contributed by atoms with Gasteiger partial charge in [-0.3, -0.25) is 5.10 Å². The topological polar surface area (TPSA) is 101 Å². The van der Waals surface area contributed by atoms with Crippen molar-refractivity contribution < 1.29 is 4.39 Å². The van der Waals surface area contributed by atoms with Gasteiger partial charge in [0.1, 0.15) is 23.0 Å². The molecule has 3 aromatic heterocycles. The maximum Gasteiger partial charge on any atom is 0.202 e. The molecule has 188 valence electrons. The highest BCUT2D eigenvalue weighted by Crippen LogP contribution is 2.63. The van der Waals surface area contributed by atoms with Crippen LogP contribution in [0.1, 0.15) is 17.7 Å². The molecule has 0 spiro atoms. The number of aromatic nitrogens is 5. The highest BCUT2D eigenvalue weighted by molar-refractivity contribution is 6.40. The second-order valence-corrected chi connectivity index (χ2v) is 10.3. The van der Waals surface area contributed by atoms with Gasteiger partial charge in [0.25, 0.3) is 0 Å². The normalized spacial score (nSPS) is 25.2. The van der Waals surface area contributed by atoms with Crippen LogP contribution in [0.2, 0.25) is 0 Å². The first-order chi connectivity index (χ1) is 18.1. The second-order valence-electron chi connectivity index (χ2n) is 9.92. The van der Waals surface area contributed by atoms with Crippen LogP contribution in [0.5, 0.6) is 0 Å². The molecule has 37 heavy (non-hydrogen) atoms. The van der Waals surface area contributed by atoms with Gasteiger partial charge in [0, 0.05) is 49.6 Å². The fourth-order valence-corrected chi connectivity index (χ4v) is 6.74. The van der Waals surface area contributed by atoms with Crippen LogP contribution >= 0.6 is 11.6 Å². The Balaban J connectivity index is 1.17. The minimum Gasteiger partial charge on any atom is -0.366 e. The molecule has 10 heteroatoms. The van der Waals surface area contributed by atoms with Gasteiger partial charge >= 0.3 is 0 Å². The first-order valence-corrected chi connectivity index (χ1v) is 12.9. The summed E-state index contributed by atoms with van der Waals surface area (Å²) in [7, 11) is 0. The average molecular weight is 517 g/mol. The highest BCUT2D eigenvalue weighted by Gasteiger charge is 2.66. The first-order valence-electron chi connectivity index (χ1n) is 12.5. The fourth-order valence-electron chi connectivity index (χ4n) is 6.41. The summed E-state index contributed by atoms with van der Waals surface area (Å²) in [4.78, 5) is 11.8. The number of H-pyrrole nitrogens is 1. The highest BCUT2D eigenvalue weighted by atomic mass is 35.5. The number of hydrogen-bond acceptors (Lipinski definition) is 6. The van der Waals surface area contributed by atoms with Crippen molar-refractivity contribution in [3.05, 3.63) is 83.2 Å². The van der Waals surface area contributed by atoms with E-state index >= 15 is 0 Å². The van der Waals surface area contributed by atoms with E-state index in [1.54, 1.807) is 12.3 Å². The second kappa shape index (κ2) is 8.43. The fraction of sp³-hybridized carbons (Fsp3) is 0.296. The number of aromatic amines is 1. The van der Waals surface area contributed by atoms with Crippen LogP contribution in [0, 0.1) is 17.7 Å². The van der Waals surface area contributed by atoms with Crippen LogP contribution in [0.3, 0.4) is 0 Å². The third kappa shape index (κ3) is 3.34. The largest absolute Gasteiger partial charge is 0.366 e. The van der Waals surface area contributed by atoms with Gasteiger partial charge in [0.2, 0.25) is 5.65 Å². The third-order valence-corrected chi connectivity index (χ3v) is 8.65. The van der Waals surface area contributed by atoms with Gasteiger partial charge in [0.05, 0.1) is 16.9 Å². The lowest BCUT2D eigenvalue weighted by Crippen LogP contribution is -2.32. The molecule has 4 aromatic rings. The van der Waals surface area contributed by atoms with Gasteiger partial charge in [-0.1, -0.05) is 35.9 Å². The van der Waals surface area contributed by atoms with Crippen LogP contribution in [0.4, 0.5) is 10.2 Å². The van der Waals surface area contributed by atoms with E-state index in [1.165, 1.54) is 6.07 Å². The number of allylic oxidation sites excluding steroid dienone is 2. The van der Waals surface area contributed by atoms with Crippen LogP contribution < -0.4 is 16.0 Å². The number of dihydropyridines is 1. The Kier molecular flexibility index (Phi) is 5.12. The van der Waals surface area contributed by atoms with E-state index in [0.29, 0.717) is 35.2 Å². The summed E-state index contributed by atoms with van der Waals surface area (Å²) in [6.45, 7) is 2.65. The molecule has 0 bridgehead atoms. The lowest BCUT2D eigenvalue weighted by atomic mass is 9.91. The summed E-state index contributed by atoms with van der Waals surface area (Å²) < 4.78 is 16.7. The molecular weight excluding hydrogens is 491 g/mol. The molecule has 7 rings (SSSR count). The molecule has 8 nitrogen and oxygen atoms in total. The molecule has 0 radical (unpaired) electrons. The molecule has 1 aliphatic carbocycles. The Morgan fingerprint density at radius 1 is 1.16 bits per heavy atom. The van der Waals surface area contributed by atoms with Crippen molar-refractivity contribution in [1.29, 1.82) is 0 Å². The number of anilines is 1. The predicted octanol–water partition coefficient (Wildman–Crippen LogP) is 3.70. The first kappa shape index (κ1) is 22.5. The minimum atomic E-state index is -0.306. The number of nitrogens with zero attached hydrogens (tertiary/aromatic N) is 5. The van der Waals surface area contributed by atoms with E-state index < -0.39 is 0 Å². The van der Waals surface area contributed by atoms with Crippen molar-refractivity contribution in [3.63, 3.8) is 0 Å². The molecule has 1 aromatic carbocycles. The standard InChI is InChI=1S/C27H26ClFN8/c28-22-16(7-9-31-26(22)36-10-3-4-11-36)23-24-25(35-34-23)33-21(13-32-24)37-12-8-17-19(14-37)27(17,15-30)18-5-1-2-6-20(18)29/h1-7,10-11,13,17,19,31H,8-9,12,14-15,30H2,(H,33,34,35)/t17-,19+,27-/m1/s1. The van der Waals surface area contributed by atoms with Crippen LogP contribution in [0.25, 0.3) is 22.6 Å². The molecule has 1 saturated carbocycles. The summed E-state index contributed by atoms with van der Waals surface area (Å²) in [6, 6.07) is 11.0. The maximum atomic E-state index is 14.7. The Hall–Kier alpha value is -3.69. The summed E-state index contributed by atoms with van der Waals surface area (Å²) in [6.07, 6.45) is 8.64. The number of benzene rings is 1. The van der Waals surface area contributed by atoms with Crippen LogP contribution in [-0.4, -0.2) is 50.9 Å². The van der Waals surface area contributed by atoms with E-state index in [4.69, 9.17) is 27.3 Å². The van der Waals surface area contributed by atoms with Gasteiger partial charge in [-0.2, -0.15) is 5.10 Å². The molecule has 4 N–H and O–H groups in total. The lowest BCUT2D eigenvalue weighted by molar-refractivity contribution is 0.533. The number of nitrogens with two attached hydrogens (primary N) is 1. The van der Waals surface area contributed by atoms with Gasteiger partial charge in [-0.05, 0) is 42.0 Å². The number of fused-ring (bicyclic) bond motifs is 2. The van der Waals surface area contributed by atoms with Gasteiger partial charge in [-0.25, -0.2) is 14.4 Å². The molecule has 5 heterocycles. The van der Waals surface area contributed by atoms with Crippen LogP contribution in [0.15, 0.2) is 66.1 Å².